The molecule has 138 valence electrons. The topological polar surface area (TPSA) is 106 Å². The zero-order chi connectivity index (χ0) is 19.7. The highest BCUT2D eigenvalue weighted by Crippen LogP contribution is 2.20. The van der Waals surface area contributed by atoms with Crippen molar-refractivity contribution in [2.45, 2.75) is 6.92 Å². The van der Waals surface area contributed by atoms with Gasteiger partial charge in [-0.3, -0.25) is 20.0 Å². The highest BCUT2D eigenvalue weighted by Gasteiger charge is 2.18. The summed E-state index contributed by atoms with van der Waals surface area (Å²) in [5.74, 6) is 0. The van der Waals surface area contributed by atoms with Crippen molar-refractivity contribution in [3.8, 4) is 5.69 Å². The van der Waals surface area contributed by atoms with Gasteiger partial charge in [0.15, 0.2) is 0 Å². The Morgan fingerprint density at radius 3 is 2.68 bits per heavy atom. The number of aromatic amines is 1. The summed E-state index contributed by atoms with van der Waals surface area (Å²) in [5, 5.41) is 22.1. The summed E-state index contributed by atoms with van der Waals surface area (Å²) in [4.78, 5) is 23.5. The number of benzene rings is 2. The van der Waals surface area contributed by atoms with E-state index in [0.717, 1.165) is 5.69 Å². The van der Waals surface area contributed by atoms with Crippen molar-refractivity contribution in [3.05, 3.63) is 97.5 Å². The van der Waals surface area contributed by atoms with Gasteiger partial charge in [0.2, 0.25) is 0 Å². The first-order valence-electron chi connectivity index (χ1n) is 8.49. The van der Waals surface area contributed by atoms with Gasteiger partial charge in [0.25, 0.3) is 11.2 Å². The lowest BCUT2D eigenvalue weighted by Crippen LogP contribution is -2.16. The molecule has 0 fully saturated rings. The molecule has 2 aromatic carbocycles. The Morgan fingerprint density at radius 2 is 1.93 bits per heavy atom. The van der Waals surface area contributed by atoms with Gasteiger partial charge in [0.1, 0.15) is 5.71 Å². The predicted molar refractivity (Wildman–Crippen MR) is 107 cm³/mol. The number of non-ortho nitro benzene ring substituents is 1. The Balaban J connectivity index is 1.76. The van der Waals surface area contributed by atoms with Crippen LogP contribution in [0.1, 0.15) is 16.8 Å². The monoisotopic (exact) mass is 373 g/mol. The van der Waals surface area contributed by atoms with Gasteiger partial charge < -0.3 is 0 Å². The number of para-hydroxylation sites is 1. The van der Waals surface area contributed by atoms with Crippen molar-refractivity contribution in [2.24, 2.45) is 10.2 Å². The molecule has 8 nitrogen and oxygen atoms in total. The van der Waals surface area contributed by atoms with Crippen molar-refractivity contribution in [1.29, 1.82) is 0 Å². The molecule has 0 amide bonds. The number of H-pyrrole nitrogens is 1. The average Bonchev–Trinajstić information content (AvgIpc) is 3.29. The van der Waals surface area contributed by atoms with E-state index in [-0.39, 0.29) is 11.2 Å². The second-order valence-corrected chi connectivity index (χ2v) is 6.23. The number of rotatable bonds is 4. The summed E-state index contributed by atoms with van der Waals surface area (Å²) >= 11 is 0. The molecule has 0 radical (unpaired) electrons. The van der Waals surface area contributed by atoms with Gasteiger partial charge >= 0.3 is 0 Å². The Hall–Kier alpha value is -4.07. The number of aromatic nitrogens is 2. The molecule has 0 aliphatic carbocycles. The molecule has 1 aromatic heterocycles. The van der Waals surface area contributed by atoms with Gasteiger partial charge in [-0.1, -0.05) is 30.3 Å². The smallest absolute Gasteiger partial charge is 0.278 e. The minimum Gasteiger partial charge on any atom is -0.295 e. The number of hydrogen-bond donors (Lipinski definition) is 1. The molecule has 0 saturated heterocycles. The summed E-state index contributed by atoms with van der Waals surface area (Å²) < 4.78 is 1.47. The third-order valence-corrected chi connectivity index (χ3v) is 4.39. The molecule has 0 spiro atoms. The van der Waals surface area contributed by atoms with Crippen LogP contribution in [0.15, 0.2) is 75.2 Å². The second kappa shape index (κ2) is 6.92. The van der Waals surface area contributed by atoms with Crippen LogP contribution in [0, 0.1) is 17.0 Å². The third-order valence-electron chi connectivity index (χ3n) is 4.39. The molecule has 0 atom stereocenters. The lowest BCUT2D eigenvalue weighted by Gasteiger charge is -2.02. The number of aryl methyl sites for hydroxylation is 1. The number of nitrogens with zero attached hydrogens (tertiary/aromatic N) is 4. The van der Waals surface area contributed by atoms with Crippen molar-refractivity contribution in [1.82, 2.24) is 9.78 Å². The molecule has 0 bridgehead atoms. The highest BCUT2D eigenvalue weighted by atomic mass is 16.6. The maximum atomic E-state index is 12.9. The fourth-order valence-corrected chi connectivity index (χ4v) is 3.01. The second-order valence-electron chi connectivity index (χ2n) is 6.23. The molecule has 4 rings (SSSR count). The van der Waals surface area contributed by atoms with Crippen molar-refractivity contribution in [2.75, 3.05) is 0 Å². The predicted octanol–water partition coefficient (Wildman–Crippen LogP) is 3.25. The Kier molecular flexibility index (Phi) is 4.29. The normalized spacial score (nSPS) is 14.5. The molecule has 8 heteroatoms. The molecular weight excluding hydrogens is 358 g/mol. The molecule has 28 heavy (non-hydrogen) atoms. The van der Waals surface area contributed by atoms with Gasteiger partial charge in [0, 0.05) is 29.0 Å². The van der Waals surface area contributed by atoms with E-state index in [2.05, 4.69) is 15.3 Å². The molecular formula is C20H15N5O3. The van der Waals surface area contributed by atoms with E-state index in [4.69, 9.17) is 0 Å². The summed E-state index contributed by atoms with van der Waals surface area (Å²) in [6.45, 7) is 1.81. The Labute approximate surface area is 159 Å². The van der Waals surface area contributed by atoms with E-state index < -0.39 is 4.92 Å². The number of hydrogen-bond acceptors (Lipinski definition) is 5. The first-order chi connectivity index (χ1) is 13.5. The van der Waals surface area contributed by atoms with Crippen LogP contribution in [-0.2, 0) is 0 Å². The largest absolute Gasteiger partial charge is 0.295 e. The molecule has 0 unspecified atom stereocenters. The summed E-state index contributed by atoms with van der Waals surface area (Å²) in [6, 6.07) is 15.4. The molecule has 1 aliphatic rings. The first kappa shape index (κ1) is 17.3. The maximum absolute atomic E-state index is 12.9. The fraction of sp³-hybridized carbons (Fsp3) is 0.0500. The van der Waals surface area contributed by atoms with E-state index >= 15 is 0 Å². The van der Waals surface area contributed by atoms with Crippen LogP contribution < -0.4 is 5.56 Å². The number of nitro groups is 1. The summed E-state index contributed by atoms with van der Waals surface area (Å²) in [7, 11) is 0. The van der Waals surface area contributed by atoms with Crippen LogP contribution in [-0.4, -0.2) is 26.6 Å². The summed E-state index contributed by atoms with van der Waals surface area (Å²) in [5.41, 5.74) is 3.33. The van der Waals surface area contributed by atoms with Crippen molar-refractivity contribution < 1.29 is 4.92 Å². The number of nitrogens with one attached hydrogen (secondary N) is 1. The standard InChI is InChI=1S/C20H15N5O3/c1-13-18(20(26)24(23-13)16-7-3-2-4-8-16)11-15-12-21-22-19(15)14-6-5-9-17(10-14)25(27)28/h2-12,23H,1H3/b15-11+. The Bertz CT molecular complexity index is 1220. The van der Waals surface area contributed by atoms with Crippen molar-refractivity contribution >= 4 is 23.7 Å². The SMILES string of the molecule is Cc1[nH]n(-c2ccccc2)c(=O)c1/C=C1\C=NN=C1c1cccc([N+](=O)[O-])c1. The minimum atomic E-state index is -0.460. The molecule has 2 heterocycles. The van der Waals surface area contributed by atoms with Gasteiger partial charge in [-0.05, 0) is 25.1 Å². The quantitative estimate of drug-likeness (QED) is 0.560. The first-order valence-corrected chi connectivity index (χ1v) is 8.49. The molecule has 1 aliphatic heterocycles. The van der Waals surface area contributed by atoms with E-state index in [0.29, 0.717) is 28.1 Å². The number of allylic oxidation sites excluding steroid dienone is 1. The third kappa shape index (κ3) is 3.07. The van der Waals surface area contributed by atoms with E-state index in [1.807, 2.05) is 37.3 Å². The molecule has 0 saturated carbocycles. The average molecular weight is 373 g/mol. The van der Waals surface area contributed by atoms with Crippen LogP contribution in [0.5, 0.6) is 0 Å². The minimum absolute atomic E-state index is 0.0318. The van der Waals surface area contributed by atoms with Crippen LogP contribution >= 0.6 is 0 Å². The highest BCUT2D eigenvalue weighted by molar-refractivity contribution is 6.28. The fourth-order valence-electron chi connectivity index (χ4n) is 3.01. The Morgan fingerprint density at radius 1 is 1.14 bits per heavy atom. The zero-order valence-corrected chi connectivity index (χ0v) is 14.9. The maximum Gasteiger partial charge on any atom is 0.278 e. The molecule has 1 N–H and O–H groups in total. The van der Waals surface area contributed by atoms with Crippen LogP contribution in [0.2, 0.25) is 0 Å². The van der Waals surface area contributed by atoms with E-state index in [1.165, 1.54) is 23.0 Å². The van der Waals surface area contributed by atoms with Crippen LogP contribution in [0.4, 0.5) is 5.69 Å². The number of nitro benzene ring substituents is 1. The van der Waals surface area contributed by atoms with Crippen LogP contribution in [0.25, 0.3) is 11.8 Å². The summed E-state index contributed by atoms with van der Waals surface area (Å²) in [6.07, 6.45) is 3.23. The molecule has 3 aromatic rings. The van der Waals surface area contributed by atoms with E-state index in [9.17, 15) is 14.9 Å². The van der Waals surface area contributed by atoms with Gasteiger partial charge in [-0.15, -0.1) is 5.10 Å². The van der Waals surface area contributed by atoms with Crippen molar-refractivity contribution in [3.63, 3.8) is 0 Å². The van der Waals surface area contributed by atoms with Gasteiger partial charge in [-0.2, -0.15) is 5.10 Å². The lowest BCUT2D eigenvalue weighted by atomic mass is 10.0. The van der Waals surface area contributed by atoms with E-state index in [1.54, 1.807) is 18.2 Å². The van der Waals surface area contributed by atoms with Gasteiger partial charge in [0.05, 0.1) is 22.4 Å². The lowest BCUT2D eigenvalue weighted by molar-refractivity contribution is -0.384. The van der Waals surface area contributed by atoms with Crippen LogP contribution in [0.3, 0.4) is 0 Å². The zero-order valence-electron chi connectivity index (χ0n) is 14.9. The van der Waals surface area contributed by atoms with Gasteiger partial charge in [-0.25, -0.2) is 4.68 Å².